The van der Waals surface area contributed by atoms with Gasteiger partial charge in [-0.15, -0.1) is 0 Å². The van der Waals surface area contributed by atoms with E-state index >= 15 is 0 Å². The summed E-state index contributed by atoms with van der Waals surface area (Å²) in [7, 11) is -2.92. The molecule has 2 rings (SSSR count). The summed E-state index contributed by atoms with van der Waals surface area (Å²) < 4.78 is 69.7. The number of hydrogen-bond donors (Lipinski definition) is 0. The predicted octanol–water partition coefficient (Wildman–Crippen LogP) is 2.81. The van der Waals surface area contributed by atoms with E-state index in [1.165, 1.54) is 7.11 Å². The first kappa shape index (κ1) is 18.7. The molecular formula is C15H18F3NO4S. The molecule has 0 aliphatic carbocycles. The highest BCUT2D eigenvalue weighted by Gasteiger charge is 2.37. The van der Waals surface area contributed by atoms with Gasteiger partial charge in [-0.1, -0.05) is 12.5 Å². The number of halogens is 3. The normalized spacial score (nSPS) is 19.9. The molecule has 0 radical (unpaired) electrons. The third-order valence-electron chi connectivity index (χ3n) is 3.97. The van der Waals surface area contributed by atoms with Gasteiger partial charge in [0, 0.05) is 12.6 Å². The molecule has 0 aromatic heterocycles. The van der Waals surface area contributed by atoms with Crippen LogP contribution in [0.5, 0.6) is 0 Å². The number of sulfonamides is 1. The Kier molecular flexibility index (Phi) is 5.54. The van der Waals surface area contributed by atoms with Gasteiger partial charge in [0.05, 0.1) is 24.0 Å². The molecule has 1 aromatic rings. The molecule has 0 amide bonds. The highest BCUT2D eigenvalue weighted by atomic mass is 32.2. The molecule has 0 saturated carbocycles. The van der Waals surface area contributed by atoms with Crippen molar-refractivity contribution in [2.75, 3.05) is 13.7 Å². The number of rotatable bonds is 4. The van der Waals surface area contributed by atoms with Gasteiger partial charge >= 0.3 is 12.1 Å². The van der Waals surface area contributed by atoms with Crippen LogP contribution >= 0.6 is 0 Å². The van der Waals surface area contributed by atoms with Gasteiger partial charge in [0.15, 0.2) is 0 Å². The van der Waals surface area contributed by atoms with Crippen LogP contribution in [0.25, 0.3) is 0 Å². The summed E-state index contributed by atoms with van der Waals surface area (Å²) in [6.45, 7) is 0.167. The zero-order valence-corrected chi connectivity index (χ0v) is 13.9. The monoisotopic (exact) mass is 365 g/mol. The lowest BCUT2D eigenvalue weighted by Crippen LogP contribution is -2.44. The average molecular weight is 365 g/mol. The number of esters is 1. The fourth-order valence-electron chi connectivity index (χ4n) is 2.74. The fourth-order valence-corrected chi connectivity index (χ4v) is 4.48. The Hall–Kier alpha value is -1.61. The second-order valence-electron chi connectivity index (χ2n) is 5.57. The summed E-state index contributed by atoms with van der Waals surface area (Å²) in [6, 6.07) is 3.04. The Balaban J connectivity index is 2.35. The first-order chi connectivity index (χ1) is 11.2. The maximum atomic E-state index is 12.8. The molecule has 134 valence electrons. The molecule has 1 atom stereocenters. The minimum atomic E-state index is -4.63. The van der Waals surface area contributed by atoms with Gasteiger partial charge in [-0.3, -0.25) is 4.79 Å². The van der Waals surface area contributed by atoms with E-state index in [0.717, 1.165) is 28.9 Å². The number of piperidine rings is 1. The van der Waals surface area contributed by atoms with E-state index in [0.29, 0.717) is 18.9 Å². The van der Waals surface area contributed by atoms with Crippen molar-refractivity contribution in [3.05, 3.63) is 29.8 Å². The van der Waals surface area contributed by atoms with Crippen LogP contribution in [0.15, 0.2) is 29.2 Å². The van der Waals surface area contributed by atoms with Crippen molar-refractivity contribution in [1.29, 1.82) is 0 Å². The second-order valence-corrected chi connectivity index (χ2v) is 7.46. The number of carbonyl (C=O) groups excluding carboxylic acids is 1. The van der Waals surface area contributed by atoms with Gasteiger partial charge in [0.1, 0.15) is 0 Å². The number of alkyl halides is 3. The molecule has 1 aromatic carbocycles. The Morgan fingerprint density at radius 2 is 2.04 bits per heavy atom. The number of nitrogens with zero attached hydrogens (tertiary/aromatic N) is 1. The van der Waals surface area contributed by atoms with Crippen LogP contribution in [-0.4, -0.2) is 38.4 Å². The van der Waals surface area contributed by atoms with Crippen LogP contribution in [-0.2, 0) is 25.7 Å². The second kappa shape index (κ2) is 7.10. The summed E-state index contributed by atoms with van der Waals surface area (Å²) in [5, 5.41) is 0. The first-order valence-corrected chi connectivity index (χ1v) is 8.86. The van der Waals surface area contributed by atoms with Crippen LogP contribution in [0.2, 0.25) is 0 Å². The zero-order chi connectivity index (χ0) is 18.0. The molecule has 1 saturated heterocycles. The van der Waals surface area contributed by atoms with E-state index in [-0.39, 0.29) is 13.0 Å². The van der Waals surface area contributed by atoms with Crippen LogP contribution in [0.4, 0.5) is 13.2 Å². The molecule has 24 heavy (non-hydrogen) atoms. The summed E-state index contributed by atoms with van der Waals surface area (Å²) in [5.74, 6) is -0.550. The van der Waals surface area contributed by atoms with E-state index in [4.69, 9.17) is 0 Å². The van der Waals surface area contributed by atoms with E-state index < -0.39 is 38.7 Å². The van der Waals surface area contributed by atoms with Gasteiger partial charge in [0.25, 0.3) is 0 Å². The number of carbonyl (C=O) groups is 1. The van der Waals surface area contributed by atoms with Crippen molar-refractivity contribution in [1.82, 2.24) is 4.31 Å². The van der Waals surface area contributed by atoms with Crippen LogP contribution in [0.3, 0.4) is 0 Å². The summed E-state index contributed by atoms with van der Waals surface area (Å²) in [4.78, 5) is 11.1. The van der Waals surface area contributed by atoms with E-state index in [9.17, 15) is 26.4 Å². The lowest BCUT2D eigenvalue weighted by molar-refractivity contribution is -0.142. The van der Waals surface area contributed by atoms with Crippen molar-refractivity contribution in [2.24, 2.45) is 0 Å². The minimum Gasteiger partial charge on any atom is -0.469 e. The molecule has 1 heterocycles. The molecule has 0 bridgehead atoms. The van der Waals surface area contributed by atoms with Crippen molar-refractivity contribution in [3.63, 3.8) is 0 Å². The predicted molar refractivity (Wildman–Crippen MR) is 79.6 cm³/mol. The van der Waals surface area contributed by atoms with Gasteiger partial charge < -0.3 is 4.74 Å². The van der Waals surface area contributed by atoms with Gasteiger partial charge in [-0.25, -0.2) is 8.42 Å². The minimum absolute atomic E-state index is 0.116. The maximum Gasteiger partial charge on any atom is 0.416 e. The van der Waals surface area contributed by atoms with Gasteiger partial charge in [0.2, 0.25) is 10.0 Å². The smallest absolute Gasteiger partial charge is 0.416 e. The number of ether oxygens (including phenoxy) is 1. The third-order valence-corrected chi connectivity index (χ3v) is 5.92. The van der Waals surface area contributed by atoms with E-state index in [2.05, 4.69) is 4.74 Å². The van der Waals surface area contributed by atoms with Crippen LogP contribution in [0, 0.1) is 0 Å². The molecule has 9 heteroatoms. The van der Waals surface area contributed by atoms with Crippen molar-refractivity contribution in [2.45, 2.75) is 42.8 Å². The number of benzene rings is 1. The van der Waals surface area contributed by atoms with Crippen LogP contribution in [0.1, 0.15) is 31.2 Å². The Labute approximate surface area is 138 Å². The van der Waals surface area contributed by atoms with Crippen molar-refractivity contribution < 1.29 is 31.1 Å². The number of hydrogen-bond acceptors (Lipinski definition) is 4. The Morgan fingerprint density at radius 1 is 1.33 bits per heavy atom. The quantitative estimate of drug-likeness (QED) is 0.770. The molecule has 1 aliphatic heterocycles. The molecule has 1 unspecified atom stereocenters. The maximum absolute atomic E-state index is 12.8. The summed E-state index contributed by atoms with van der Waals surface area (Å²) in [6.07, 6.45) is -2.94. The standard InChI is InChI=1S/C15H18F3NO4S/c1-23-14(20)10-12-6-2-3-8-19(12)24(21,22)13-7-4-5-11(9-13)15(16,17)18/h4-5,7,9,12H,2-3,6,8,10H2,1H3. The zero-order valence-electron chi connectivity index (χ0n) is 13.0. The number of methoxy groups -OCH3 is 1. The molecule has 1 aliphatic rings. The molecule has 0 spiro atoms. The Bertz CT molecular complexity index is 703. The molecular weight excluding hydrogens is 347 g/mol. The Morgan fingerprint density at radius 3 is 2.67 bits per heavy atom. The largest absolute Gasteiger partial charge is 0.469 e. The highest BCUT2D eigenvalue weighted by Crippen LogP contribution is 2.33. The summed E-state index contributed by atoms with van der Waals surface area (Å²) >= 11 is 0. The van der Waals surface area contributed by atoms with E-state index in [1.807, 2.05) is 0 Å². The first-order valence-electron chi connectivity index (χ1n) is 7.42. The third kappa shape index (κ3) is 4.07. The van der Waals surface area contributed by atoms with Crippen LogP contribution < -0.4 is 0 Å². The molecule has 1 fully saturated rings. The molecule has 0 N–H and O–H groups in total. The lowest BCUT2D eigenvalue weighted by atomic mass is 10.0. The van der Waals surface area contributed by atoms with Crippen molar-refractivity contribution >= 4 is 16.0 Å². The average Bonchev–Trinajstić information content (AvgIpc) is 2.54. The van der Waals surface area contributed by atoms with E-state index in [1.54, 1.807) is 0 Å². The van der Waals surface area contributed by atoms with Crippen molar-refractivity contribution in [3.8, 4) is 0 Å². The highest BCUT2D eigenvalue weighted by molar-refractivity contribution is 7.89. The topological polar surface area (TPSA) is 63.7 Å². The van der Waals surface area contributed by atoms with Gasteiger partial charge in [-0.2, -0.15) is 17.5 Å². The summed E-state index contributed by atoms with van der Waals surface area (Å²) in [5.41, 5.74) is -1.02. The van der Waals surface area contributed by atoms with Gasteiger partial charge in [-0.05, 0) is 31.0 Å². The SMILES string of the molecule is COC(=O)CC1CCCCN1S(=O)(=O)c1cccc(C(F)(F)F)c1. The fraction of sp³-hybridized carbons (Fsp3) is 0.533. The molecule has 5 nitrogen and oxygen atoms in total. The lowest BCUT2D eigenvalue weighted by Gasteiger charge is -2.34.